The fourth-order valence-corrected chi connectivity index (χ4v) is 6.85. The first-order chi connectivity index (χ1) is 21.2. The van der Waals surface area contributed by atoms with Crippen molar-refractivity contribution in [3.63, 3.8) is 0 Å². The zero-order chi connectivity index (χ0) is 29.2. The van der Waals surface area contributed by atoms with Gasteiger partial charge in [0.2, 0.25) is 0 Å². The molecule has 3 saturated heterocycles. The summed E-state index contributed by atoms with van der Waals surface area (Å²) in [6.07, 6.45) is 4.88. The highest BCUT2D eigenvalue weighted by atomic mass is 16.7. The molecule has 3 aliphatic rings. The molecule has 0 amide bonds. The number of likely N-dealkylation sites (N-methyl/N-ethyl adjacent to an activating group) is 1. The number of piperazine rings is 1. The average molecular weight is 580 g/mol. The van der Waals surface area contributed by atoms with Crippen LogP contribution in [-0.2, 0) is 4.84 Å². The lowest BCUT2D eigenvalue weighted by atomic mass is 9.97. The third kappa shape index (κ3) is 5.85. The maximum absolute atomic E-state index is 6.12. The van der Waals surface area contributed by atoms with Gasteiger partial charge < -0.3 is 19.9 Å². The smallest absolute Gasteiger partial charge is 0.158 e. The highest BCUT2D eigenvalue weighted by Crippen LogP contribution is 2.38. The number of methoxy groups -OCH3 is 1. The van der Waals surface area contributed by atoms with E-state index in [0.717, 1.165) is 36.8 Å². The van der Waals surface area contributed by atoms with Crippen LogP contribution in [0.3, 0.4) is 0 Å². The first-order valence-corrected chi connectivity index (χ1v) is 15.5. The van der Waals surface area contributed by atoms with Crippen LogP contribution >= 0.6 is 0 Å². The van der Waals surface area contributed by atoms with Gasteiger partial charge in [0.05, 0.1) is 25.4 Å². The second kappa shape index (κ2) is 12.4. The van der Waals surface area contributed by atoms with Crippen molar-refractivity contribution in [2.24, 2.45) is 0 Å². The van der Waals surface area contributed by atoms with E-state index in [1.54, 1.807) is 13.4 Å². The summed E-state index contributed by atoms with van der Waals surface area (Å²) in [6, 6.07) is 24.1. The third-order valence-corrected chi connectivity index (χ3v) is 9.30. The lowest BCUT2D eigenvalue weighted by Gasteiger charge is -2.42. The number of nitrogens with one attached hydrogen (secondary N) is 1. The quantitative estimate of drug-likeness (QED) is 0.307. The van der Waals surface area contributed by atoms with Gasteiger partial charge in [-0.2, -0.15) is 0 Å². The summed E-state index contributed by atoms with van der Waals surface area (Å²) in [7, 11) is 3.95. The van der Waals surface area contributed by atoms with Gasteiger partial charge in [0.1, 0.15) is 17.9 Å². The van der Waals surface area contributed by atoms with E-state index >= 15 is 0 Å². The topological polar surface area (TPSA) is 69.2 Å². The van der Waals surface area contributed by atoms with Crippen molar-refractivity contribution in [1.29, 1.82) is 0 Å². The van der Waals surface area contributed by atoms with Gasteiger partial charge in [-0.3, -0.25) is 9.74 Å². The van der Waals surface area contributed by atoms with Gasteiger partial charge in [0.25, 0.3) is 0 Å². The van der Waals surface area contributed by atoms with Gasteiger partial charge in [-0.15, -0.1) is 0 Å². The predicted molar refractivity (Wildman–Crippen MR) is 172 cm³/mol. The van der Waals surface area contributed by atoms with Crippen LogP contribution in [0.25, 0.3) is 10.8 Å². The molecule has 4 aromatic rings. The minimum atomic E-state index is 0.0723. The van der Waals surface area contributed by atoms with Gasteiger partial charge in [-0.1, -0.05) is 42.5 Å². The van der Waals surface area contributed by atoms with Crippen LogP contribution < -0.4 is 20.0 Å². The van der Waals surface area contributed by atoms with Gasteiger partial charge in [0, 0.05) is 69.6 Å². The molecule has 4 heterocycles. The molecule has 0 aliphatic carbocycles. The van der Waals surface area contributed by atoms with Crippen LogP contribution in [0.4, 0.5) is 23.0 Å². The summed E-state index contributed by atoms with van der Waals surface area (Å²) < 4.78 is 5.84. The average Bonchev–Trinajstić information content (AvgIpc) is 3.55. The number of fused-ring (bicyclic) bond motifs is 1. The van der Waals surface area contributed by atoms with E-state index in [9.17, 15) is 0 Å². The first kappa shape index (κ1) is 27.9. The Morgan fingerprint density at radius 2 is 1.67 bits per heavy atom. The number of piperidine rings is 1. The number of hydroxylamine groups is 1. The van der Waals surface area contributed by atoms with Crippen molar-refractivity contribution >= 4 is 33.8 Å². The molecule has 1 unspecified atom stereocenters. The Hall–Kier alpha value is -3.92. The molecular weight excluding hydrogens is 538 g/mol. The third-order valence-electron chi connectivity index (χ3n) is 9.30. The minimum absolute atomic E-state index is 0.0723. The zero-order valence-corrected chi connectivity index (χ0v) is 25.2. The fraction of sp³-hybridized carbons (Fsp3) is 0.412. The van der Waals surface area contributed by atoms with Crippen molar-refractivity contribution in [3.05, 3.63) is 78.6 Å². The Kier molecular flexibility index (Phi) is 8.02. The van der Waals surface area contributed by atoms with E-state index in [1.165, 1.54) is 61.0 Å². The fourth-order valence-electron chi connectivity index (χ4n) is 6.85. The van der Waals surface area contributed by atoms with Crippen molar-refractivity contribution in [2.45, 2.75) is 31.3 Å². The number of hydrogen-bond acceptors (Lipinski definition) is 9. The number of aromatic nitrogens is 2. The first-order valence-electron chi connectivity index (χ1n) is 15.5. The normalized spacial score (nSPS) is 20.6. The molecule has 43 heavy (non-hydrogen) atoms. The van der Waals surface area contributed by atoms with Crippen LogP contribution in [-0.4, -0.2) is 85.8 Å². The highest BCUT2D eigenvalue weighted by molar-refractivity contribution is 5.86. The molecule has 9 heteroatoms. The summed E-state index contributed by atoms with van der Waals surface area (Å²) in [4.78, 5) is 22.8. The number of ether oxygens (including phenoxy) is 1. The number of nitrogens with zero attached hydrogens (tertiary/aromatic N) is 6. The minimum Gasteiger partial charge on any atom is -0.494 e. The SMILES string of the molecule is COc1cc(N2CCC(N3CCN(C)CC3)CC2)ccc1Nc1cc(N2OCCC2c2cccc3ccccc23)ncn1. The molecule has 0 bridgehead atoms. The van der Waals surface area contributed by atoms with Crippen molar-refractivity contribution < 1.29 is 9.57 Å². The molecular formula is C34H41N7O2. The molecule has 3 aromatic carbocycles. The maximum atomic E-state index is 6.12. The van der Waals surface area contributed by atoms with Gasteiger partial charge in [0.15, 0.2) is 5.82 Å². The molecule has 224 valence electrons. The number of rotatable bonds is 7. The standard InChI is InChI=1S/C34H41N7O2/c1-38-17-19-40(20-18-38)26-12-15-39(16-13-26)27-10-11-30(32(22-27)42-2)37-33-23-34(36-24-35-33)41-31(14-21-43-41)29-9-5-7-25-6-3-4-8-28(25)29/h3-11,22-24,26,31H,12-21H2,1-2H3,(H,35,36,37). The lowest BCUT2D eigenvalue weighted by Crippen LogP contribution is -2.52. The molecule has 0 spiro atoms. The van der Waals surface area contributed by atoms with Crippen molar-refractivity contribution in [3.8, 4) is 5.75 Å². The maximum Gasteiger partial charge on any atom is 0.158 e. The molecule has 3 aliphatic heterocycles. The predicted octanol–water partition coefficient (Wildman–Crippen LogP) is 5.48. The Labute approximate surface area is 254 Å². The summed E-state index contributed by atoms with van der Waals surface area (Å²) >= 11 is 0. The largest absolute Gasteiger partial charge is 0.494 e. The van der Waals surface area contributed by atoms with Crippen LogP contribution in [0.5, 0.6) is 5.75 Å². The molecule has 9 nitrogen and oxygen atoms in total. The second-order valence-electron chi connectivity index (χ2n) is 11.9. The summed E-state index contributed by atoms with van der Waals surface area (Å²) in [5.41, 5.74) is 3.32. The highest BCUT2D eigenvalue weighted by Gasteiger charge is 2.31. The number of hydrogen-bond donors (Lipinski definition) is 1. The molecule has 1 aromatic heterocycles. The van der Waals surface area contributed by atoms with Crippen molar-refractivity contribution in [1.82, 2.24) is 19.8 Å². The van der Waals surface area contributed by atoms with Crippen LogP contribution in [0.15, 0.2) is 73.1 Å². The van der Waals surface area contributed by atoms with Gasteiger partial charge >= 0.3 is 0 Å². The van der Waals surface area contributed by atoms with Gasteiger partial charge in [-0.05, 0) is 48.4 Å². The van der Waals surface area contributed by atoms with E-state index in [0.29, 0.717) is 18.5 Å². The van der Waals surface area contributed by atoms with Gasteiger partial charge in [-0.25, -0.2) is 15.0 Å². The molecule has 3 fully saturated rings. The van der Waals surface area contributed by atoms with E-state index < -0.39 is 0 Å². The Morgan fingerprint density at radius 1 is 0.860 bits per heavy atom. The molecule has 0 radical (unpaired) electrons. The molecule has 1 atom stereocenters. The van der Waals surface area contributed by atoms with Crippen LogP contribution in [0.2, 0.25) is 0 Å². The van der Waals surface area contributed by atoms with E-state index in [-0.39, 0.29) is 6.04 Å². The zero-order valence-electron chi connectivity index (χ0n) is 25.2. The lowest BCUT2D eigenvalue weighted by molar-refractivity contribution is 0.0982. The Bertz CT molecular complexity index is 1540. The molecule has 7 rings (SSSR count). The van der Waals surface area contributed by atoms with Crippen LogP contribution in [0, 0.1) is 0 Å². The van der Waals surface area contributed by atoms with Crippen LogP contribution in [0.1, 0.15) is 30.9 Å². The number of anilines is 4. The summed E-state index contributed by atoms with van der Waals surface area (Å²) in [5, 5.41) is 7.87. The molecule has 1 N–H and O–H groups in total. The second-order valence-corrected chi connectivity index (χ2v) is 11.9. The molecule has 0 saturated carbocycles. The Morgan fingerprint density at radius 3 is 2.51 bits per heavy atom. The van der Waals surface area contributed by atoms with E-state index in [1.807, 2.05) is 11.1 Å². The van der Waals surface area contributed by atoms with E-state index in [4.69, 9.17) is 9.57 Å². The van der Waals surface area contributed by atoms with Crippen molar-refractivity contribution in [2.75, 3.05) is 75.3 Å². The summed E-state index contributed by atoms with van der Waals surface area (Å²) in [5.74, 6) is 2.22. The Balaban J connectivity index is 1.04. The summed E-state index contributed by atoms with van der Waals surface area (Å²) in [6.45, 7) is 7.50. The number of benzene rings is 3. The van der Waals surface area contributed by atoms with E-state index in [2.05, 4.69) is 97.7 Å². The monoisotopic (exact) mass is 579 g/mol.